The van der Waals surface area contributed by atoms with Gasteiger partial charge in [0.1, 0.15) is 11.6 Å². The smallest absolute Gasteiger partial charge is 0.350 e. The van der Waals surface area contributed by atoms with E-state index in [1.807, 2.05) is 13.8 Å². The van der Waals surface area contributed by atoms with Crippen molar-refractivity contribution >= 4 is 23.5 Å². The summed E-state index contributed by atoms with van der Waals surface area (Å²) in [6.45, 7) is 19.5. The molecule has 334 valence electrons. The van der Waals surface area contributed by atoms with Crippen LogP contribution in [-0.2, 0) is 9.47 Å². The van der Waals surface area contributed by atoms with Crippen molar-refractivity contribution < 1.29 is 27.8 Å². The summed E-state index contributed by atoms with van der Waals surface area (Å²) in [4.78, 5) is 60.0. The molecular formula is C48H57F2N7O6. The Labute approximate surface area is 367 Å². The van der Waals surface area contributed by atoms with Gasteiger partial charge in [-0.15, -0.1) is 5.73 Å². The molecule has 2 aromatic carbocycles. The van der Waals surface area contributed by atoms with Gasteiger partial charge < -0.3 is 20.1 Å². The Morgan fingerprint density at radius 1 is 0.778 bits per heavy atom. The van der Waals surface area contributed by atoms with E-state index in [-0.39, 0.29) is 29.8 Å². The molecule has 2 N–H and O–H groups in total. The number of alkyl halides is 2. The molecule has 0 saturated carbocycles. The van der Waals surface area contributed by atoms with Crippen molar-refractivity contribution in [1.82, 2.24) is 24.0 Å². The molecule has 2 fully saturated rings. The highest BCUT2D eigenvalue weighted by Gasteiger charge is 2.56. The summed E-state index contributed by atoms with van der Waals surface area (Å²) in [5, 5.41) is 5.17. The fourth-order valence-corrected chi connectivity index (χ4v) is 7.86. The number of hydrogen-bond donors (Lipinski definition) is 2. The molecule has 15 heteroatoms. The van der Waals surface area contributed by atoms with Crippen molar-refractivity contribution in [1.29, 1.82) is 0 Å². The van der Waals surface area contributed by atoms with Gasteiger partial charge in [0.15, 0.2) is 18.1 Å². The third-order valence-corrected chi connectivity index (χ3v) is 11.5. The van der Waals surface area contributed by atoms with E-state index in [1.54, 1.807) is 74.5 Å². The molecule has 2 aromatic heterocycles. The molecule has 2 saturated heterocycles. The summed E-state index contributed by atoms with van der Waals surface area (Å²) in [6.07, 6.45) is 1.99. The summed E-state index contributed by atoms with van der Waals surface area (Å²) in [5.74, 6) is 4.18. The van der Waals surface area contributed by atoms with Gasteiger partial charge in [0.25, 0.3) is 11.8 Å². The molecule has 8 atom stereocenters. The summed E-state index contributed by atoms with van der Waals surface area (Å²) >= 11 is 0. The van der Waals surface area contributed by atoms with Gasteiger partial charge in [-0.1, -0.05) is 82.5 Å². The van der Waals surface area contributed by atoms with E-state index >= 15 is 8.78 Å². The minimum atomic E-state index is -2.07. The predicted octanol–water partition coefficient (Wildman–Crippen LogP) is 7.76. The van der Waals surface area contributed by atoms with Crippen LogP contribution >= 0.6 is 0 Å². The van der Waals surface area contributed by atoms with Gasteiger partial charge in [-0.3, -0.25) is 23.6 Å². The van der Waals surface area contributed by atoms with Crippen molar-refractivity contribution in [3.8, 4) is 11.8 Å². The van der Waals surface area contributed by atoms with Crippen LogP contribution in [0, 0.1) is 23.7 Å². The number of carbonyl (C=O) groups is 2. The fourth-order valence-electron chi connectivity index (χ4n) is 7.86. The third kappa shape index (κ3) is 10.8. The molecule has 6 rings (SSSR count). The Hall–Kier alpha value is -6.04. The number of aromatic nitrogens is 4. The maximum absolute atomic E-state index is 16.5. The van der Waals surface area contributed by atoms with Crippen molar-refractivity contribution in [3.63, 3.8) is 0 Å². The molecule has 0 radical (unpaired) electrons. The molecule has 4 heterocycles. The number of ether oxygens (including phenoxy) is 2. The first-order valence-electron chi connectivity index (χ1n) is 21.2. The minimum Gasteiger partial charge on any atom is -0.350 e. The van der Waals surface area contributed by atoms with E-state index < -0.39 is 64.9 Å². The summed E-state index contributed by atoms with van der Waals surface area (Å²) in [6, 6.07) is 20.6. The zero-order valence-electron chi connectivity index (χ0n) is 37.0. The normalized spacial score (nSPS) is 25.1. The molecule has 2 amide bonds. The van der Waals surface area contributed by atoms with Gasteiger partial charge in [-0.2, -0.15) is 9.97 Å². The van der Waals surface area contributed by atoms with Crippen molar-refractivity contribution in [2.45, 2.75) is 116 Å². The first-order valence-corrected chi connectivity index (χ1v) is 21.2. The molecular weight excluding hydrogens is 809 g/mol. The first kappa shape index (κ1) is 48.0. The highest BCUT2D eigenvalue weighted by molar-refractivity contribution is 6.04. The second kappa shape index (κ2) is 20.9. The van der Waals surface area contributed by atoms with Crippen molar-refractivity contribution in [2.24, 2.45) is 11.8 Å². The van der Waals surface area contributed by atoms with Crippen LogP contribution in [0.3, 0.4) is 0 Å². The van der Waals surface area contributed by atoms with Gasteiger partial charge in [-0.25, -0.2) is 18.4 Å². The molecule has 63 heavy (non-hydrogen) atoms. The third-order valence-electron chi connectivity index (χ3n) is 11.5. The first-order chi connectivity index (χ1) is 30.0. The van der Waals surface area contributed by atoms with E-state index in [0.717, 1.165) is 9.13 Å². The van der Waals surface area contributed by atoms with Gasteiger partial charge in [0.05, 0.1) is 18.8 Å². The van der Waals surface area contributed by atoms with Gasteiger partial charge in [0.2, 0.25) is 5.67 Å². The summed E-state index contributed by atoms with van der Waals surface area (Å²) in [7, 11) is 0. The second-order valence-corrected chi connectivity index (χ2v) is 16.2. The molecule has 2 aliphatic rings. The van der Waals surface area contributed by atoms with E-state index in [1.165, 1.54) is 30.6 Å². The quantitative estimate of drug-likeness (QED) is 0.108. The molecule has 0 spiro atoms. The molecule has 13 nitrogen and oxygen atoms in total. The summed E-state index contributed by atoms with van der Waals surface area (Å²) < 4.78 is 46.2. The Kier molecular flexibility index (Phi) is 15.9. The van der Waals surface area contributed by atoms with E-state index in [2.05, 4.69) is 77.3 Å². The molecule has 2 aliphatic heterocycles. The number of hydrogen-bond acceptors (Lipinski definition) is 9. The number of carbonyl (C=O) groups excluding carboxylic acids is 2. The lowest BCUT2D eigenvalue weighted by atomic mass is 9.87. The number of anilines is 2. The average molecular weight is 866 g/mol. The SMILES string of the molecule is C=C=CC1(F)[C@@H](C)[C@@H](CC)O[C@H]1n1ccc(NC(=O)c2ccccc2)nc1=O.CC[C@H]1O[C@@H](n2ccc(NC(=O)c3ccccc3)nc2=O)C(F)(C#CCN(C(C)C)C(C)C)[C@H]1C. The van der Waals surface area contributed by atoms with Gasteiger partial charge in [-0.05, 0) is 83.0 Å². The molecule has 4 aromatic rings. The number of benzene rings is 2. The number of nitrogens with zero attached hydrogens (tertiary/aromatic N) is 5. The standard InChI is InChI=1S/C27H35FN4O3.C21H22FN3O3/c1-7-22-20(6)27(28,15-11-16-31(18(2)3)19(4)5)25(35-22)32-17-14-23(30-26(32)34)29-24(33)21-12-9-8-10-13-21;1-4-12-21(22)14(3)16(5-2)28-19(21)25-13-11-17(24-20(25)27)23-18(26)15-9-7-6-8-10-15/h8-10,12-14,17-20,22,25H,7,16H2,1-6H3,(H,29,30,33,34);6-14,16,19H,1,5H2,2-3H3,(H,23,24,26,27)/t20-,22+,25+,27?;14-,16+,19+,21?/m00/s1. The Morgan fingerprint density at radius 3 is 1.65 bits per heavy atom. The van der Waals surface area contributed by atoms with Crippen LogP contribution in [-0.4, -0.2) is 78.0 Å². The van der Waals surface area contributed by atoms with Crippen LogP contribution in [0.5, 0.6) is 0 Å². The predicted molar refractivity (Wildman–Crippen MR) is 239 cm³/mol. The van der Waals surface area contributed by atoms with Crippen molar-refractivity contribution in [2.75, 3.05) is 17.2 Å². The van der Waals surface area contributed by atoms with Gasteiger partial charge in [0, 0.05) is 47.4 Å². The summed E-state index contributed by atoms with van der Waals surface area (Å²) in [5.41, 5.74) is -2.11. The van der Waals surface area contributed by atoms with E-state index in [9.17, 15) is 19.2 Å². The highest BCUT2D eigenvalue weighted by atomic mass is 19.1. The maximum atomic E-state index is 16.5. The van der Waals surface area contributed by atoms with Gasteiger partial charge >= 0.3 is 11.4 Å². The van der Waals surface area contributed by atoms with Crippen LogP contribution in [0.2, 0.25) is 0 Å². The lowest BCUT2D eigenvalue weighted by Crippen LogP contribution is -2.41. The number of halogens is 2. The van der Waals surface area contributed by atoms with E-state index in [0.29, 0.717) is 30.5 Å². The zero-order valence-corrected chi connectivity index (χ0v) is 37.0. The van der Waals surface area contributed by atoms with Crippen LogP contribution in [0.15, 0.2) is 113 Å². The lowest BCUT2D eigenvalue weighted by molar-refractivity contribution is -0.0408. The average Bonchev–Trinajstić information content (AvgIpc) is 3.66. The van der Waals surface area contributed by atoms with Crippen molar-refractivity contribution in [3.05, 3.63) is 136 Å². The Morgan fingerprint density at radius 2 is 1.22 bits per heavy atom. The number of rotatable bonds is 12. The van der Waals surface area contributed by atoms with Crippen LogP contribution in [0.25, 0.3) is 0 Å². The number of nitrogens with one attached hydrogen (secondary N) is 2. The second-order valence-electron chi connectivity index (χ2n) is 16.2. The van der Waals surface area contributed by atoms with Crippen LogP contribution in [0.1, 0.15) is 101 Å². The topological polar surface area (TPSA) is 150 Å². The van der Waals surface area contributed by atoms with Crippen LogP contribution in [0.4, 0.5) is 20.4 Å². The molecule has 0 aliphatic carbocycles. The minimum absolute atomic E-state index is 0.0805. The Balaban J connectivity index is 0.000000243. The monoisotopic (exact) mass is 865 g/mol. The maximum Gasteiger partial charge on any atom is 0.351 e. The van der Waals surface area contributed by atoms with Crippen LogP contribution < -0.4 is 22.0 Å². The molecule has 2 unspecified atom stereocenters. The lowest BCUT2D eigenvalue weighted by Gasteiger charge is -2.29. The fraction of sp³-hybridized carbons (Fsp3) is 0.438. The zero-order chi connectivity index (χ0) is 46.1. The highest BCUT2D eigenvalue weighted by Crippen LogP contribution is 2.47. The largest absolute Gasteiger partial charge is 0.351 e. The van der Waals surface area contributed by atoms with E-state index in [4.69, 9.17) is 9.47 Å². The molecule has 0 bridgehead atoms. The Bertz CT molecular complexity index is 2440. The number of amides is 2.